The fraction of sp³-hybridized carbons (Fsp3) is 0.0769. The molecule has 118 valence electrons. The Labute approximate surface area is 123 Å². The van der Waals surface area contributed by atoms with E-state index in [2.05, 4.69) is 4.74 Å². The smallest absolute Gasteiger partial charge is 0.406 e. The maximum Gasteiger partial charge on any atom is 0.573 e. The van der Waals surface area contributed by atoms with Gasteiger partial charge in [0.1, 0.15) is 11.4 Å². The van der Waals surface area contributed by atoms with E-state index in [9.17, 15) is 30.7 Å². The zero-order valence-electron chi connectivity index (χ0n) is 13.2. The first-order valence-corrected chi connectivity index (χ1v) is 5.35. The Kier molecular flexibility index (Phi) is 2.97. The summed E-state index contributed by atoms with van der Waals surface area (Å²) in [5.74, 6) is -9.78. The van der Waals surface area contributed by atoms with E-state index in [4.69, 9.17) is 9.85 Å². The van der Waals surface area contributed by atoms with Crippen molar-refractivity contribution in [2.75, 3.05) is 5.73 Å². The minimum atomic E-state index is -5.36. The number of rotatable bonds is 2. The van der Waals surface area contributed by atoms with E-state index in [0.717, 1.165) is 0 Å². The van der Waals surface area contributed by atoms with E-state index >= 15 is 0 Å². The van der Waals surface area contributed by atoms with Crippen LogP contribution in [0.3, 0.4) is 0 Å². The summed E-state index contributed by atoms with van der Waals surface area (Å²) in [7, 11) is 0. The van der Waals surface area contributed by atoms with Crippen LogP contribution >= 0.6 is 0 Å². The monoisotopic (exact) mass is 328 g/mol. The number of nitrogens with two attached hydrogens (primary N) is 1. The van der Waals surface area contributed by atoms with Crippen molar-refractivity contribution in [1.82, 2.24) is 0 Å². The van der Waals surface area contributed by atoms with Crippen LogP contribution in [0.15, 0.2) is 24.2 Å². The third-order valence-electron chi connectivity index (χ3n) is 2.42. The number of benzene rings is 2. The molecule has 0 amide bonds. The lowest BCUT2D eigenvalue weighted by Crippen LogP contribution is -2.17. The quantitative estimate of drug-likeness (QED) is 0.504. The molecule has 2 aromatic carbocycles. The Bertz CT molecular complexity index is 841. The Hall–Kier alpha value is -2.45. The van der Waals surface area contributed by atoms with Gasteiger partial charge in [-0.25, -0.2) is 17.6 Å². The van der Waals surface area contributed by atoms with Crippen LogP contribution in [0.5, 0.6) is 5.75 Å². The molecule has 0 aliphatic carbocycles. The number of hydrogen-bond donors (Lipinski definition) is 1. The lowest BCUT2D eigenvalue weighted by atomic mass is 10.0. The van der Waals surface area contributed by atoms with Gasteiger partial charge in [-0.05, 0) is 17.6 Å². The topological polar surface area (TPSA) is 35.2 Å². The molecule has 0 aliphatic rings. The van der Waals surface area contributed by atoms with Gasteiger partial charge < -0.3 is 10.5 Å². The zero-order chi connectivity index (χ0) is 19.3. The Morgan fingerprint density at radius 3 is 2.00 bits per heavy atom. The van der Waals surface area contributed by atoms with Crippen LogP contribution in [0, 0.1) is 23.3 Å². The van der Waals surface area contributed by atoms with Crippen molar-refractivity contribution >= 4 is 5.69 Å². The van der Waals surface area contributed by atoms with Crippen LogP contribution in [0.4, 0.5) is 36.4 Å². The first kappa shape index (κ1) is 12.1. The number of nitrogen functional groups attached to an aromatic ring is 1. The molecule has 0 bridgehead atoms. The highest BCUT2D eigenvalue weighted by Crippen LogP contribution is 2.35. The molecule has 22 heavy (non-hydrogen) atoms. The summed E-state index contributed by atoms with van der Waals surface area (Å²) in [6, 6.07) is -3.19. The molecule has 0 saturated carbocycles. The second kappa shape index (κ2) is 5.39. The van der Waals surface area contributed by atoms with Crippen molar-refractivity contribution in [3.63, 3.8) is 0 Å². The minimum Gasteiger partial charge on any atom is -0.406 e. The second-order valence-corrected chi connectivity index (χ2v) is 3.85. The molecule has 0 spiro atoms. The van der Waals surface area contributed by atoms with E-state index in [-0.39, 0.29) is 0 Å². The van der Waals surface area contributed by atoms with Crippen LogP contribution in [-0.4, -0.2) is 6.36 Å². The van der Waals surface area contributed by atoms with Crippen LogP contribution in [0.25, 0.3) is 11.1 Å². The molecule has 0 atom stereocenters. The SMILES string of the molecule is [2H]c1cc([2H])c(-c2c(F)c(F)c(N)c(F)c2F)c([2H])c1OC(F)(F)F. The third kappa shape index (κ3) is 2.92. The van der Waals surface area contributed by atoms with Crippen LogP contribution in [0.2, 0.25) is 0 Å². The van der Waals surface area contributed by atoms with Crippen LogP contribution in [0.1, 0.15) is 4.11 Å². The largest absolute Gasteiger partial charge is 0.573 e. The van der Waals surface area contributed by atoms with Crippen molar-refractivity contribution in [3.05, 3.63) is 47.5 Å². The molecule has 0 radical (unpaired) electrons. The first-order valence-electron chi connectivity index (χ1n) is 6.85. The van der Waals surface area contributed by atoms with Gasteiger partial charge >= 0.3 is 6.36 Å². The Morgan fingerprint density at radius 2 is 1.50 bits per heavy atom. The Morgan fingerprint density at radius 1 is 0.955 bits per heavy atom. The van der Waals surface area contributed by atoms with E-state index in [0.29, 0.717) is 6.07 Å². The lowest BCUT2D eigenvalue weighted by Gasteiger charge is -2.12. The number of alkyl halides is 3. The van der Waals surface area contributed by atoms with Gasteiger partial charge in [0, 0.05) is 0 Å². The van der Waals surface area contributed by atoms with Gasteiger partial charge in [0.2, 0.25) is 0 Å². The molecule has 0 heterocycles. The molecule has 9 heteroatoms. The molecule has 2 rings (SSSR count). The molecular weight excluding hydrogens is 319 g/mol. The summed E-state index contributed by atoms with van der Waals surface area (Å²) in [4.78, 5) is 0. The molecule has 2 aromatic rings. The van der Waals surface area contributed by atoms with Crippen molar-refractivity contribution < 1.29 is 39.6 Å². The summed E-state index contributed by atoms with van der Waals surface area (Å²) >= 11 is 0. The van der Waals surface area contributed by atoms with Gasteiger partial charge in [-0.15, -0.1) is 13.2 Å². The summed E-state index contributed by atoms with van der Waals surface area (Å²) in [6.07, 6.45) is -5.36. The average molecular weight is 328 g/mol. The highest BCUT2D eigenvalue weighted by Gasteiger charge is 2.31. The summed E-state index contributed by atoms with van der Waals surface area (Å²) in [5, 5.41) is 0. The standard InChI is InChI=1S/C13H6F7NO/c14-8-7(9(15)11(17)12(21)10(8)16)5-2-1-3-6(4-5)22-13(18,19)20/h1-4H,21H2/i2D,3D,4D. The second-order valence-electron chi connectivity index (χ2n) is 3.85. The van der Waals surface area contributed by atoms with Crippen molar-refractivity contribution in [3.8, 4) is 16.9 Å². The van der Waals surface area contributed by atoms with Crippen molar-refractivity contribution in [1.29, 1.82) is 0 Å². The highest BCUT2D eigenvalue weighted by atomic mass is 19.4. The maximum absolute atomic E-state index is 14.0. The van der Waals surface area contributed by atoms with Gasteiger partial charge in [-0.2, -0.15) is 0 Å². The molecule has 2 nitrogen and oxygen atoms in total. The van der Waals surface area contributed by atoms with Gasteiger partial charge in [0.25, 0.3) is 0 Å². The van der Waals surface area contributed by atoms with Gasteiger partial charge in [-0.1, -0.05) is 12.1 Å². The predicted molar refractivity (Wildman–Crippen MR) is 62.8 cm³/mol. The molecule has 0 fully saturated rings. The summed E-state index contributed by atoms with van der Waals surface area (Å²) in [6.45, 7) is 0. The first-order chi connectivity index (χ1) is 11.4. The van der Waals surface area contributed by atoms with Gasteiger partial charge in [0.15, 0.2) is 23.3 Å². The van der Waals surface area contributed by atoms with Crippen molar-refractivity contribution in [2.45, 2.75) is 6.36 Å². The summed E-state index contributed by atoms with van der Waals surface area (Å²) < 4.78 is 118. The molecule has 0 aromatic heterocycles. The normalized spacial score (nSPS) is 13.5. The van der Waals surface area contributed by atoms with Crippen LogP contribution < -0.4 is 10.5 Å². The maximum atomic E-state index is 14.0. The van der Waals surface area contributed by atoms with Gasteiger partial charge in [0.05, 0.1) is 9.68 Å². The lowest BCUT2D eigenvalue weighted by molar-refractivity contribution is -0.274. The molecule has 2 N–H and O–H groups in total. The fourth-order valence-electron chi connectivity index (χ4n) is 1.53. The molecule has 0 saturated heterocycles. The zero-order valence-corrected chi connectivity index (χ0v) is 10.2. The number of halogens is 7. The number of hydrogen-bond acceptors (Lipinski definition) is 2. The minimum absolute atomic E-state index is 0.374. The van der Waals surface area contributed by atoms with E-state index in [1.54, 1.807) is 0 Å². The van der Waals surface area contributed by atoms with E-state index in [1.165, 1.54) is 0 Å². The highest BCUT2D eigenvalue weighted by molar-refractivity contribution is 5.69. The Balaban J connectivity index is 2.88. The van der Waals surface area contributed by atoms with Crippen LogP contribution in [-0.2, 0) is 0 Å². The van der Waals surface area contributed by atoms with E-state index in [1.807, 2.05) is 0 Å². The predicted octanol–water partition coefficient (Wildman–Crippen LogP) is 4.39. The average Bonchev–Trinajstić information content (AvgIpc) is 2.49. The fourth-order valence-corrected chi connectivity index (χ4v) is 1.53. The third-order valence-corrected chi connectivity index (χ3v) is 2.42. The molecular formula is C13H6F7NO. The van der Waals surface area contributed by atoms with Crippen molar-refractivity contribution in [2.24, 2.45) is 0 Å². The van der Waals surface area contributed by atoms with Gasteiger partial charge in [-0.3, -0.25) is 0 Å². The number of anilines is 1. The summed E-state index contributed by atoms with van der Waals surface area (Å²) in [5.41, 5.74) is 0.465. The molecule has 0 aliphatic heterocycles. The number of ether oxygens (including phenoxy) is 1. The van der Waals surface area contributed by atoms with E-state index < -0.39 is 70.3 Å². The molecule has 0 unspecified atom stereocenters.